The Morgan fingerprint density at radius 2 is 1.16 bits per heavy atom. The second kappa shape index (κ2) is 12.7. The molecule has 11 aromatic rings. The molecule has 0 fully saturated rings. The van der Waals surface area contributed by atoms with E-state index in [2.05, 4.69) is 217 Å². The Bertz CT molecular complexity index is 3690. The van der Waals surface area contributed by atoms with Crippen LogP contribution in [0.4, 0.5) is 0 Å². The highest BCUT2D eigenvalue weighted by Crippen LogP contribution is 2.54. The van der Waals surface area contributed by atoms with Crippen LogP contribution in [0.3, 0.4) is 0 Å². The Labute approximate surface area is 353 Å². The van der Waals surface area contributed by atoms with Gasteiger partial charge in [-0.1, -0.05) is 166 Å². The van der Waals surface area contributed by atoms with Crippen molar-refractivity contribution < 1.29 is 0 Å². The zero-order valence-electron chi connectivity index (χ0n) is 33.9. The number of fused-ring (bicyclic) bond motifs is 12. The number of benzene rings is 8. The Morgan fingerprint density at radius 3 is 2.00 bits per heavy atom. The quantitative estimate of drug-likeness (QED) is 0.178. The van der Waals surface area contributed by atoms with Crippen LogP contribution < -0.4 is 0 Å². The third-order valence-corrected chi connectivity index (χ3v) is 13.8. The maximum atomic E-state index is 5.57. The van der Waals surface area contributed by atoms with Crippen LogP contribution in [-0.2, 0) is 5.41 Å². The Morgan fingerprint density at radius 1 is 0.508 bits per heavy atom. The molecule has 0 bridgehead atoms. The molecule has 0 radical (unpaired) electrons. The van der Waals surface area contributed by atoms with Gasteiger partial charge in [0, 0.05) is 38.5 Å². The molecule has 288 valence electrons. The first-order valence-electron chi connectivity index (χ1n) is 21.3. The van der Waals surface area contributed by atoms with Crippen molar-refractivity contribution in [1.82, 2.24) is 19.1 Å². The van der Waals surface area contributed by atoms with E-state index in [0.29, 0.717) is 17.8 Å². The summed E-state index contributed by atoms with van der Waals surface area (Å²) in [6.45, 7) is 4.79. The number of para-hydroxylation sites is 4. The van der Waals surface area contributed by atoms with Gasteiger partial charge in [-0.3, -0.25) is 4.57 Å². The predicted molar refractivity (Wildman–Crippen MR) is 254 cm³/mol. The molecular formula is C57H40N4. The second-order valence-corrected chi connectivity index (χ2v) is 17.4. The SMILES string of the molecule is CC1(C)c2ccccc2C2C=CC(c3nc(-n4c5ccccc5c5ccc(-c6cc7c(c8ccccc68)c6ccccc6n7-c6ccccc6)cc54)nc4ccccc34)=CC21. The molecule has 2 atom stereocenters. The van der Waals surface area contributed by atoms with Crippen molar-refractivity contribution in [3.63, 3.8) is 0 Å². The third kappa shape index (κ3) is 4.87. The number of rotatable bonds is 4. The van der Waals surface area contributed by atoms with Crippen LogP contribution >= 0.6 is 0 Å². The van der Waals surface area contributed by atoms with Gasteiger partial charge < -0.3 is 4.57 Å². The summed E-state index contributed by atoms with van der Waals surface area (Å²) in [4.78, 5) is 10.9. The summed E-state index contributed by atoms with van der Waals surface area (Å²) in [7, 11) is 0. The summed E-state index contributed by atoms with van der Waals surface area (Å²) in [6.07, 6.45) is 7.20. The fourth-order valence-corrected chi connectivity index (χ4v) is 11.0. The van der Waals surface area contributed by atoms with E-state index >= 15 is 0 Å². The molecule has 4 nitrogen and oxygen atoms in total. The van der Waals surface area contributed by atoms with Crippen molar-refractivity contribution in [2.24, 2.45) is 5.92 Å². The second-order valence-electron chi connectivity index (χ2n) is 17.4. The highest BCUT2D eigenvalue weighted by atomic mass is 15.2. The molecule has 8 aromatic carbocycles. The molecule has 61 heavy (non-hydrogen) atoms. The third-order valence-electron chi connectivity index (χ3n) is 13.8. The summed E-state index contributed by atoms with van der Waals surface area (Å²) in [5.41, 5.74) is 14.0. The fourth-order valence-electron chi connectivity index (χ4n) is 11.0. The minimum absolute atomic E-state index is 0.00515. The van der Waals surface area contributed by atoms with Crippen molar-refractivity contribution in [2.75, 3.05) is 0 Å². The van der Waals surface area contributed by atoms with Gasteiger partial charge in [-0.05, 0) is 92.4 Å². The molecule has 2 unspecified atom stereocenters. The average molecular weight is 781 g/mol. The number of hydrogen-bond donors (Lipinski definition) is 0. The summed E-state index contributed by atoms with van der Waals surface area (Å²) in [5, 5.41) is 8.40. The summed E-state index contributed by atoms with van der Waals surface area (Å²) >= 11 is 0. The molecule has 0 saturated heterocycles. The smallest absolute Gasteiger partial charge is 0.235 e. The molecule has 0 amide bonds. The lowest BCUT2D eigenvalue weighted by atomic mass is 9.73. The van der Waals surface area contributed by atoms with Crippen molar-refractivity contribution in [3.8, 4) is 22.8 Å². The van der Waals surface area contributed by atoms with Gasteiger partial charge in [-0.2, -0.15) is 0 Å². The van der Waals surface area contributed by atoms with Crippen LogP contribution in [0.25, 0.3) is 93.6 Å². The standard InChI is InChI=1S/C57H40N4/c1-57(2)47-24-12-8-19-39(47)40-30-29-36(32-48(40)57)55-44-22-9-13-25-49(44)58-56(59-55)61-50-26-14-10-20-41(50)42-31-28-35(33-52(42)61)46-34-53-54(43-21-7-6-18-38(43)46)45-23-11-15-27-51(45)60(53)37-16-4-3-5-17-37/h3-34,40,48H,1-2H3. The van der Waals surface area contributed by atoms with Crippen molar-refractivity contribution in [3.05, 3.63) is 211 Å². The van der Waals surface area contributed by atoms with Crippen LogP contribution in [-0.4, -0.2) is 19.1 Å². The Hall–Kier alpha value is -7.56. The Balaban J connectivity index is 1.05. The van der Waals surface area contributed by atoms with Gasteiger partial charge in [0.25, 0.3) is 0 Å². The van der Waals surface area contributed by atoms with Gasteiger partial charge in [0.1, 0.15) is 0 Å². The lowest BCUT2D eigenvalue weighted by Crippen LogP contribution is -2.25. The molecule has 0 saturated carbocycles. The normalized spacial score (nSPS) is 16.9. The van der Waals surface area contributed by atoms with E-state index in [9.17, 15) is 0 Å². The van der Waals surface area contributed by atoms with Crippen LogP contribution in [0.1, 0.15) is 36.6 Å². The minimum Gasteiger partial charge on any atom is -0.309 e. The monoisotopic (exact) mass is 780 g/mol. The average Bonchev–Trinajstić information content (AvgIpc) is 3.91. The van der Waals surface area contributed by atoms with Crippen molar-refractivity contribution in [1.29, 1.82) is 0 Å². The van der Waals surface area contributed by atoms with Gasteiger partial charge >= 0.3 is 0 Å². The molecule has 0 N–H and O–H groups in total. The van der Waals surface area contributed by atoms with Crippen LogP contribution in [0, 0.1) is 5.92 Å². The largest absolute Gasteiger partial charge is 0.309 e. The van der Waals surface area contributed by atoms with Gasteiger partial charge in [0.2, 0.25) is 5.95 Å². The topological polar surface area (TPSA) is 35.6 Å². The molecule has 13 rings (SSSR count). The zero-order valence-corrected chi connectivity index (χ0v) is 33.9. The Kier molecular flexibility index (Phi) is 7.16. The first-order valence-corrected chi connectivity index (χ1v) is 21.3. The van der Waals surface area contributed by atoms with E-state index in [-0.39, 0.29) is 5.41 Å². The fraction of sp³-hybridized carbons (Fsp3) is 0.0877. The van der Waals surface area contributed by atoms with E-state index in [1.165, 1.54) is 60.0 Å². The highest BCUT2D eigenvalue weighted by molar-refractivity contribution is 6.24. The first-order chi connectivity index (χ1) is 30.0. The van der Waals surface area contributed by atoms with Gasteiger partial charge in [0.15, 0.2) is 0 Å². The van der Waals surface area contributed by atoms with Crippen LogP contribution in [0.15, 0.2) is 194 Å². The summed E-state index contributed by atoms with van der Waals surface area (Å²) in [5.74, 6) is 1.35. The number of aromatic nitrogens is 4. The maximum absolute atomic E-state index is 5.57. The number of hydrogen-bond acceptors (Lipinski definition) is 2. The predicted octanol–water partition coefficient (Wildman–Crippen LogP) is 14.3. The van der Waals surface area contributed by atoms with Crippen molar-refractivity contribution in [2.45, 2.75) is 25.2 Å². The molecule has 3 aromatic heterocycles. The molecular weight excluding hydrogens is 741 g/mol. The van der Waals surface area contributed by atoms with E-state index < -0.39 is 0 Å². The van der Waals surface area contributed by atoms with Crippen LogP contribution in [0.5, 0.6) is 0 Å². The van der Waals surface area contributed by atoms with E-state index in [4.69, 9.17) is 9.97 Å². The summed E-state index contributed by atoms with van der Waals surface area (Å²) in [6, 6.07) is 63.9. The van der Waals surface area contributed by atoms with Crippen molar-refractivity contribution >= 4 is 70.9 Å². The molecule has 4 heteroatoms. The maximum Gasteiger partial charge on any atom is 0.235 e. The first kappa shape index (κ1) is 34.3. The lowest BCUT2D eigenvalue weighted by molar-refractivity contribution is 0.395. The molecule has 0 spiro atoms. The molecule has 3 heterocycles. The highest BCUT2D eigenvalue weighted by Gasteiger charge is 2.45. The van der Waals surface area contributed by atoms with E-state index in [1.807, 2.05) is 0 Å². The van der Waals surface area contributed by atoms with Crippen LogP contribution in [0.2, 0.25) is 0 Å². The lowest BCUT2D eigenvalue weighted by Gasteiger charge is -2.31. The molecule has 2 aliphatic rings. The number of allylic oxidation sites excluding steroid dienone is 4. The van der Waals surface area contributed by atoms with Gasteiger partial charge in [0.05, 0.1) is 33.3 Å². The number of nitrogens with zero attached hydrogens (tertiary/aromatic N) is 4. The zero-order chi connectivity index (χ0) is 40.4. The van der Waals surface area contributed by atoms with E-state index in [1.54, 1.807) is 0 Å². The van der Waals surface area contributed by atoms with Gasteiger partial charge in [-0.25, -0.2) is 9.97 Å². The summed E-state index contributed by atoms with van der Waals surface area (Å²) < 4.78 is 4.71. The minimum atomic E-state index is -0.00515. The van der Waals surface area contributed by atoms with E-state index in [0.717, 1.165) is 44.5 Å². The molecule has 2 aliphatic carbocycles. The van der Waals surface area contributed by atoms with Gasteiger partial charge in [-0.15, -0.1) is 0 Å². The molecule has 0 aliphatic heterocycles.